The maximum Gasteiger partial charge on any atom is 0.175 e. The van der Waals surface area contributed by atoms with Crippen LogP contribution in [0.5, 0.6) is 17.2 Å². The van der Waals surface area contributed by atoms with E-state index in [0.717, 1.165) is 16.6 Å². The number of hydrogen-bond donors (Lipinski definition) is 1. The molecular formula is C18H21BrFNO3. The fourth-order valence-electron chi connectivity index (χ4n) is 2.16. The molecule has 0 radical (unpaired) electrons. The lowest BCUT2D eigenvalue weighted by Gasteiger charge is -2.15. The van der Waals surface area contributed by atoms with Crippen LogP contribution in [-0.4, -0.2) is 26.9 Å². The summed E-state index contributed by atoms with van der Waals surface area (Å²) in [5.74, 6) is 1.66. The molecule has 2 aromatic rings. The maximum atomic E-state index is 12.8. The lowest BCUT2D eigenvalue weighted by atomic mass is 10.2. The Bertz CT molecular complexity index is 649. The van der Waals surface area contributed by atoms with E-state index in [4.69, 9.17) is 14.2 Å². The van der Waals surface area contributed by atoms with Gasteiger partial charge in [-0.15, -0.1) is 0 Å². The third-order valence-corrected chi connectivity index (χ3v) is 3.75. The van der Waals surface area contributed by atoms with Gasteiger partial charge in [-0.3, -0.25) is 0 Å². The van der Waals surface area contributed by atoms with Crippen LogP contribution in [0.4, 0.5) is 4.39 Å². The zero-order chi connectivity index (χ0) is 17.4. The molecule has 0 aliphatic carbocycles. The number of benzene rings is 2. The summed E-state index contributed by atoms with van der Waals surface area (Å²) in [6.45, 7) is 3.92. The monoisotopic (exact) mass is 397 g/mol. The normalized spacial score (nSPS) is 10.5. The van der Waals surface area contributed by atoms with Crippen LogP contribution in [0.15, 0.2) is 40.9 Å². The van der Waals surface area contributed by atoms with Gasteiger partial charge in [0, 0.05) is 6.54 Å². The van der Waals surface area contributed by atoms with Crippen LogP contribution in [0.3, 0.4) is 0 Å². The summed E-state index contributed by atoms with van der Waals surface area (Å²) in [6.07, 6.45) is 0. The Kier molecular flexibility index (Phi) is 7.34. The minimum Gasteiger partial charge on any atom is -0.490 e. The highest BCUT2D eigenvalue weighted by Gasteiger charge is 2.12. The van der Waals surface area contributed by atoms with Crippen molar-refractivity contribution in [2.24, 2.45) is 0 Å². The third kappa shape index (κ3) is 5.39. The third-order valence-electron chi connectivity index (χ3n) is 3.16. The van der Waals surface area contributed by atoms with Gasteiger partial charge in [0.15, 0.2) is 11.5 Å². The summed E-state index contributed by atoms with van der Waals surface area (Å²) in [6, 6.07) is 9.85. The Labute approximate surface area is 150 Å². The lowest BCUT2D eigenvalue weighted by Crippen LogP contribution is -2.11. The first-order valence-corrected chi connectivity index (χ1v) is 8.54. The average molecular weight is 398 g/mol. The van der Waals surface area contributed by atoms with Crippen molar-refractivity contribution in [2.45, 2.75) is 13.5 Å². The second-order valence-corrected chi connectivity index (χ2v) is 5.87. The molecule has 2 aromatic carbocycles. The van der Waals surface area contributed by atoms with Crippen molar-refractivity contribution in [3.05, 3.63) is 52.3 Å². The van der Waals surface area contributed by atoms with E-state index < -0.39 is 0 Å². The summed E-state index contributed by atoms with van der Waals surface area (Å²) >= 11 is 3.53. The predicted molar refractivity (Wildman–Crippen MR) is 95.5 cm³/mol. The van der Waals surface area contributed by atoms with E-state index in [0.29, 0.717) is 37.1 Å². The Hall–Kier alpha value is -1.79. The number of ether oxygens (including phenoxy) is 3. The van der Waals surface area contributed by atoms with Crippen molar-refractivity contribution in [1.82, 2.24) is 5.32 Å². The molecule has 6 heteroatoms. The van der Waals surface area contributed by atoms with E-state index in [1.54, 1.807) is 12.1 Å². The zero-order valence-electron chi connectivity index (χ0n) is 13.8. The zero-order valence-corrected chi connectivity index (χ0v) is 15.4. The SMILES string of the molecule is CCOc1cc(CNC)cc(Br)c1OCCOc1ccc(F)cc1. The van der Waals surface area contributed by atoms with Crippen molar-refractivity contribution in [3.63, 3.8) is 0 Å². The van der Waals surface area contributed by atoms with Gasteiger partial charge in [-0.05, 0) is 71.9 Å². The molecule has 0 heterocycles. The predicted octanol–water partition coefficient (Wildman–Crippen LogP) is 4.16. The molecule has 0 aliphatic rings. The molecule has 24 heavy (non-hydrogen) atoms. The van der Waals surface area contributed by atoms with Crippen LogP contribution in [0.25, 0.3) is 0 Å². The van der Waals surface area contributed by atoms with E-state index in [2.05, 4.69) is 21.2 Å². The molecule has 0 aromatic heterocycles. The molecule has 0 amide bonds. The molecule has 0 atom stereocenters. The van der Waals surface area contributed by atoms with Gasteiger partial charge >= 0.3 is 0 Å². The van der Waals surface area contributed by atoms with Crippen molar-refractivity contribution in [1.29, 1.82) is 0 Å². The summed E-state index contributed by atoms with van der Waals surface area (Å²) in [7, 11) is 1.89. The highest BCUT2D eigenvalue weighted by molar-refractivity contribution is 9.10. The second-order valence-electron chi connectivity index (χ2n) is 5.02. The highest BCUT2D eigenvalue weighted by Crippen LogP contribution is 2.37. The van der Waals surface area contributed by atoms with Crippen LogP contribution >= 0.6 is 15.9 Å². The quantitative estimate of drug-likeness (QED) is 0.644. The van der Waals surface area contributed by atoms with Gasteiger partial charge in [-0.1, -0.05) is 0 Å². The van der Waals surface area contributed by atoms with Gasteiger partial charge in [0.25, 0.3) is 0 Å². The van der Waals surface area contributed by atoms with Crippen LogP contribution < -0.4 is 19.5 Å². The number of halogens is 2. The van der Waals surface area contributed by atoms with Crippen molar-refractivity contribution in [2.75, 3.05) is 26.9 Å². The standard InChI is InChI=1S/C18H21BrFNO3/c1-3-22-17-11-13(12-21-2)10-16(19)18(17)24-9-8-23-15-6-4-14(20)5-7-15/h4-7,10-11,21H,3,8-9,12H2,1-2H3. The van der Waals surface area contributed by atoms with E-state index in [9.17, 15) is 4.39 Å². The number of nitrogens with one attached hydrogen (secondary N) is 1. The fraction of sp³-hybridized carbons (Fsp3) is 0.333. The summed E-state index contributed by atoms with van der Waals surface area (Å²) in [4.78, 5) is 0. The topological polar surface area (TPSA) is 39.7 Å². The van der Waals surface area contributed by atoms with Crippen LogP contribution in [0, 0.1) is 5.82 Å². The van der Waals surface area contributed by atoms with Crippen molar-refractivity contribution < 1.29 is 18.6 Å². The van der Waals surface area contributed by atoms with Gasteiger partial charge in [0.2, 0.25) is 0 Å². The van der Waals surface area contributed by atoms with Gasteiger partial charge in [-0.2, -0.15) is 0 Å². The first-order chi connectivity index (χ1) is 11.6. The summed E-state index contributed by atoms with van der Waals surface area (Å²) in [5.41, 5.74) is 1.10. The van der Waals surface area contributed by atoms with Crippen LogP contribution in [0.1, 0.15) is 12.5 Å². The van der Waals surface area contributed by atoms with Gasteiger partial charge in [-0.25, -0.2) is 4.39 Å². The Morgan fingerprint density at radius 1 is 1.04 bits per heavy atom. The summed E-state index contributed by atoms with van der Waals surface area (Å²) in [5, 5.41) is 3.11. The molecule has 0 aliphatic heterocycles. The van der Waals surface area contributed by atoms with E-state index >= 15 is 0 Å². The Balaban J connectivity index is 1.96. The summed E-state index contributed by atoms with van der Waals surface area (Å²) < 4.78 is 30.7. The van der Waals surface area contributed by atoms with Gasteiger partial charge in [0.05, 0.1) is 11.1 Å². The number of rotatable bonds is 9. The second kappa shape index (κ2) is 9.49. The smallest absolute Gasteiger partial charge is 0.175 e. The maximum absolute atomic E-state index is 12.8. The molecule has 4 nitrogen and oxygen atoms in total. The van der Waals surface area contributed by atoms with E-state index in [1.807, 2.05) is 26.1 Å². The minimum absolute atomic E-state index is 0.287. The van der Waals surface area contributed by atoms with Crippen molar-refractivity contribution in [3.8, 4) is 17.2 Å². The fourth-order valence-corrected chi connectivity index (χ4v) is 2.77. The lowest BCUT2D eigenvalue weighted by molar-refractivity contribution is 0.207. The van der Waals surface area contributed by atoms with E-state index in [-0.39, 0.29) is 5.82 Å². The molecule has 0 saturated heterocycles. The van der Waals surface area contributed by atoms with Crippen molar-refractivity contribution >= 4 is 15.9 Å². The largest absolute Gasteiger partial charge is 0.490 e. The Morgan fingerprint density at radius 2 is 1.75 bits per heavy atom. The first kappa shape index (κ1) is 18.5. The van der Waals surface area contributed by atoms with Crippen LogP contribution in [-0.2, 0) is 6.54 Å². The molecular weight excluding hydrogens is 377 g/mol. The molecule has 0 saturated carbocycles. The molecule has 1 N–H and O–H groups in total. The minimum atomic E-state index is -0.287. The number of hydrogen-bond acceptors (Lipinski definition) is 4. The molecule has 0 unspecified atom stereocenters. The molecule has 130 valence electrons. The molecule has 0 spiro atoms. The van der Waals surface area contributed by atoms with Gasteiger partial charge < -0.3 is 19.5 Å². The van der Waals surface area contributed by atoms with Gasteiger partial charge in [0.1, 0.15) is 24.8 Å². The first-order valence-electron chi connectivity index (χ1n) is 7.75. The Morgan fingerprint density at radius 3 is 2.42 bits per heavy atom. The average Bonchev–Trinajstić information content (AvgIpc) is 2.55. The van der Waals surface area contributed by atoms with E-state index in [1.165, 1.54) is 12.1 Å². The molecule has 0 bridgehead atoms. The molecule has 0 fully saturated rings. The molecule has 2 rings (SSSR count). The highest BCUT2D eigenvalue weighted by atomic mass is 79.9. The van der Waals surface area contributed by atoms with Crippen LogP contribution in [0.2, 0.25) is 0 Å².